The molecule has 1 unspecified atom stereocenters. The van der Waals surface area contributed by atoms with E-state index in [1.165, 1.54) is 0 Å². The number of carbonyl (C=O) groups is 4. The van der Waals surface area contributed by atoms with E-state index in [9.17, 15) is 39.4 Å². The number of anilines is 2. The number of carbonyl (C=O) groups excluding carboxylic acids is 2. The molecule has 34 heavy (non-hydrogen) atoms. The van der Waals surface area contributed by atoms with Crippen molar-refractivity contribution < 1.29 is 39.2 Å². The number of hydrogen-bond donors (Lipinski definition) is 5. The van der Waals surface area contributed by atoms with E-state index in [0.717, 1.165) is 36.4 Å². The van der Waals surface area contributed by atoms with Gasteiger partial charge >= 0.3 is 11.9 Å². The summed E-state index contributed by atoms with van der Waals surface area (Å²) < 4.78 is 0. The molecule has 0 heterocycles. The number of nitro benzene ring substituents is 2. The number of amides is 2. The lowest BCUT2D eigenvalue weighted by Crippen LogP contribution is -2.36. The van der Waals surface area contributed by atoms with Gasteiger partial charge in [0.2, 0.25) is 11.8 Å². The van der Waals surface area contributed by atoms with Crippen LogP contribution < -0.4 is 16.4 Å². The second-order valence-corrected chi connectivity index (χ2v) is 6.77. The van der Waals surface area contributed by atoms with Gasteiger partial charge in [0, 0.05) is 29.9 Å². The summed E-state index contributed by atoms with van der Waals surface area (Å²) in [5, 5.41) is 44.6. The van der Waals surface area contributed by atoms with Crippen molar-refractivity contribution in [3.05, 3.63) is 67.8 Å². The van der Waals surface area contributed by atoms with E-state index >= 15 is 0 Å². The molecule has 0 fully saturated rings. The first-order valence-electron chi connectivity index (χ1n) is 9.30. The Balaban J connectivity index is 1.99. The third-order valence-corrected chi connectivity index (χ3v) is 4.42. The Morgan fingerprint density at radius 2 is 1.29 bits per heavy atom. The molecule has 15 heteroatoms. The molecule has 0 bridgehead atoms. The maximum Gasteiger partial charge on any atom is 0.342 e. The molecule has 0 aliphatic carbocycles. The summed E-state index contributed by atoms with van der Waals surface area (Å²) in [6, 6.07) is 4.69. The predicted molar refractivity (Wildman–Crippen MR) is 115 cm³/mol. The average Bonchev–Trinajstić information content (AvgIpc) is 2.76. The molecular weight excluding hydrogens is 458 g/mol. The Bertz CT molecular complexity index is 1200. The lowest BCUT2D eigenvalue weighted by Gasteiger charge is -2.13. The second kappa shape index (κ2) is 10.6. The van der Waals surface area contributed by atoms with Gasteiger partial charge < -0.3 is 26.6 Å². The molecule has 2 rings (SSSR count). The zero-order chi connectivity index (χ0) is 25.6. The number of benzene rings is 2. The smallest absolute Gasteiger partial charge is 0.342 e. The van der Waals surface area contributed by atoms with Gasteiger partial charge in [-0.1, -0.05) is 0 Å². The van der Waals surface area contributed by atoms with Gasteiger partial charge in [-0.15, -0.1) is 0 Å². The van der Waals surface area contributed by atoms with Crippen molar-refractivity contribution in [2.45, 2.75) is 18.9 Å². The molecule has 2 aromatic rings. The van der Waals surface area contributed by atoms with Gasteiger partial charge in [-0.2, -0.15) is 0 Å². The quantitative estimate of drug-likeness (QED) is 0.244. The summed E-state index contributed by atoms with van der Waals surface area (Å²) in [7, 11) is 0. The van der Waals surface area contributed by atoms with Gasteiger partial charge in [0.15, 0.2) is 0 Å². The Morgan fingerprint density at radius 3 is 1.71 bits per heavy atom. The fraction of sp³-hybridized carbons (Fsp3) is 0.158. The largest absolute Gasteiger partial charge is 0.477 e. The molecule has 2 amide bonds. The van der Waals surface area contributed by atoms with E-state index in [0.29, 0.717) is 0 Å². The van der Waals surface area contributed by atoms with Crippen LogP contribution in [0.5, 0.6) is 0 Å². The van der Waals surface area contributed by atoms with Gasteiger partial charge in [0.05, 0.1) is 15.9 Å². The predicted octanol–water partition coefficient (Wildman–Crippen LogP) is 1.58. The Kier molecular flexibility index (Phi) is 7.90. The van der Waals surface area contributed by atoms with Crippen molar-refractivity contribution in [2.75, 3.05) is 10.6 Å². The number of nitrogens with zero attached hydrogens (tertiary/aromatic N) is 2. The number of rotatable bonds is 10. The van der Waals surface area contributed by atoms with Crippen molar-refractivity contribution in [1.29, 1.82) is 0 Å². The topological polar surface area (TPSA) is 245 Å². The third-order valence-electron chi connectivity index (χ3n) is 4.42. The van der Waals surface area contributed by atoms with E-state index in [2.05, 4.69) is 10.6 Å². The molecule has 2 aromatic carbocycles. The summed E-state index contributed by atoms with van der Waals surface area (Å²) in [5.41, 5.74) is 3.08. The average molecular weight is 475 g/mol. The first-order valence-corrected chi connectivity index (χ1v) is 9.30. The molecular formula is C19H17N5O10. The van der Waals surface area contributed by atoms with Crippen molar-refractivity contribution in [3.63, 3.8) is 0 Å². The van der Waals surface area contributed by atoms with E-state index < -0.39 is 62.1 Å². The third kappa shape index (κ3) is 6.30. The lowest BCUT2D eigenvalue weighted by atomic mass is 10.1. The highest BCUT2D eigenvalue weighted by atomic mass is 16.6. The number of carboxylic acids is 2. The number of nitrogens with two attached hydrogens (primary N) is 1. The molecule has 0 saturated carbocycles. The molecule has 0 saturated heterocycles. The Labute approximate surface area is 189 Å². The maximum atomic E-state index is 12.2. The van der Waals surface area contributed by atoms with Gasteiger partial charge in [-0.05, 0) is 30.7 Å². The fourth-order valence-electron chi connectivity index (χ4n) is 2.76. The summed E-state index contributed by atoms with van der Waals surface area (Å²) in [4.78, 5) is 66.7. The summed E-state index contributed by atoms with van der Waals surface area (Å²) in [6.45, 7) is 0. The zero-order valence-electron chi connectivity index (χ0n) is 17.1. The van der Waals surface area contributed by atoms with Crippen molar-refractivity contribution in [2.24, 2.45) is 5.73 Å². The molecule has 0 aliphatic rings. The monoisotopic (exact) mass is 475 g/mol. The van der Waals surface area contributed by atoms with Crippen LogP contribution in [0.15, 0.2) is 36.4 Å². The highest BCUT2D eigenvalue weighted by molar-refractivity contribution is 5.99. The van der Waals surface area contributed by atoms with Crippen LogP contribution in [-0.2, 0) is 9.59 Å². The first-order chi connectivity index (χ1) is 15.9. The Hall–Kier alpha value is -4.92. The highest BCUT2D eigenvalue weighted by Gasteiger charge is 2.23. The van der Waals surface area contributed by atoms with Crippen LogP contribution in [-0.4, -0.2) is 49.9 Å². The van der Waals surface area contributed by atoms with E-state index in [4.69, 9.17) is 15.9 Å². The molecule has 0 radical (unpaired) electrons. The maximum absolute atomic E-state index is 12.2. The molecule has 0 spiro atoms. The lowest BCUT2D eigenvalue weighted by molar-refractivity contribution is -0.385. The number of aromatic carboxylic acids is 2. The van der Waals surface area contributed by atoms with Gasteiger partial charge in [-0.25, -0.2) is 9.59 Å². The minimum Gasteiger partial charge on any atom is -0.477 e. The minimum atomic E-state index is -1.57. The zero-order valence-corrected chi connectivity index (χ0v) is 17.1. The fourth-order valence-corrected chi connectivity index (χ4v) is 2.76. The molecule has 15 nitrogen and oxygen atoms in total. The number of nitro groups is 2. The van der Waals surface area contributed by atoms with E-state index in [1.54, 1.807) is 0 Å². The first kappa shape index (κ1) is 25.3. The summed E-state index contributed by atoms with van der Waals surface area (Å²) in [5.74, 6) is -4.57. The van der Waals surface area contributed by atoms with Crippen LogP contribution in [0.2, 0.25) is 0 Å². The molecule has 178 valence electrons. The van der Waals surface area contributed by atoms with Gasteiger partial charge in [0.25, 0.3) is 11.4 Å². The number of hydrogen-bond acceptors (Lipinski definition) is 9. The van der Waals surface area contributed by atoms with Crippen LogP contribution in [0.4, 0.5) is 22.7 Å². The SMILES string of the molecule is NC(CCC(=O)Nc1ccc([N+](=O)[O-])c(C(=O)O)c1)C(=O)Nc1ccc([N+](=O)[O-])c(C(=O)O)c1. The summed E-state index contributed by atoms with van der Waals surface area (Å²) in [6.07, 6.45) is -0.455. The van der Waals surface area contributed by atoms with Crippen LogP contribution in [0.1, 0.15) is 33.6 Å². The van der Waals surface area contributed by atoms with Crippen LogP contribution in [0, 0.1) is 20.2 Å². The molecule has 0 aromatic heterocycles. The van der Waals surface area contributed by atoms with Crippen LogP contribution in [0.3, 0.4) is 0 Å². The Morgan fingerprint density at radius 1 is 0.853 bits per heavy atom. The standard InChI is InChI=1S/C19H17N5O10/c20-13(17(26)22-10-2-5-15(24(33)34)12(8-10)19(29)30)3-6-16(25)21-9-1-4-14(23(31)32)11(7-9)18(27)28/h1-2,4-5,7-8,13H,3,6,20H2,(H,21,25)(H,22,26)(H,27,28)(H,29,30). The molecule has 1 atom stereocenters. The normalized spacial score (nSPS) is 11.2. The minimum absolute atomic E-state index is 0.0156. The van der Waals surface area contributed by atoms with Gasteiger partial charge in [0.1, 0.15) is 11.1 Å². The van der Waals surface area contributed by atoms with Crippen molar-refractivity contribution in [3.8, 4) is 0 Å². The van der Waals surface area contributed by atoms with Crippen molar-refractivity contribution in [1.82, 2.24) is 0 Å². The van der Waals surface area contributed by atoms with E-state index in [-0.39, 0.29) is 24.2 Å². The van der Waals surface area contributed by atoms with Gasteiger partial charge in [-0.3, -0.25) is 29.8 Å². The molecule has 6 N–H and O–H groups in total. The number of carboxylic acid groups (broad SMARTS) is 2. The van der Waals surface area contributed by atoms with Crippen LogP contribution in [0.25, 0.3) is 0 Å². The molecule has 0 aliphatic heterocycles. The van der Waals surface area contributed by atoms with E-state index in [1.807, 2.05) is 0 Å². The van der Waals surface area contributed by atoms with Crippen molar-refractivity contribution >= 4 is 46.5 Å². The highest BCUT2D eigenvalue weighted by Crippen LogP contribution is 2.24. The van der Waals surface area contributed by atoms with Crippen LogP contribution >= 0.6 is 0 Å². The summed E-state index contributed by atoms with van der Waals surface area (Å²) >= 11 is 0. The number of nitrogens with one attached hydrogen (secondary N) is 2. The second-order valence-electron chi connectivity index (χ2n) is 6.77.